The minimum atomic E-state index is -0.283. The summed E-state index contributed by atoms with van der Waals surface area (Å²) in [7, 11) is 1.63. The summed E-state index contributed by atoms with van der Waals surface area (Å²) < 4.78 is 8.03. The third kappa shape index (κ3) is 3.29. The highest BCUT2D eigenvalue weighted by Gasteiger charge is 2.30. The maximum Gasteiger partial charge on any atom is 0.263 e. The molecule has 0 aromatic carbocycles. The van der Waals surface area contributed by atoms with Crippen molar-refractivity contribution in [2.75, 3.05) is 13.1 Å². The lowest BCUT2D eigenvalue weighted by molar-refractivity contribution is 0.0768. The summed E-state index contributed by atoms with van der Waals surface area (Å²) in [5.41, 5.74) is -0.0935. The van der Waals surface area contributed by atoms with E-state index in [0.29, 0.717) is 25.4 Å². The molecule has 0 N–H and O–H groups in total. The number of likely N-dealkylation sites (tertiary alicyclic amines) is 1. The van der Waals surface area contributed by atoms with Gasteiger partial charge in [-0.15, -0.1) is 0 Å². The first kappa shape index (κ1) is 15.7. The Morgan fingerprint density at radius 1 is 1.39 bits per heavy atom. The average Bonchev–Trinajstić information content (AvgIpc) is 3.00. The smallest absolute Gasteiger partial charge is 0.263 e. The average molecular weight is 378 g/mol. The Bertz CT molecular complexity index is 790. The van der Waals surface area contributed by atoms with Crippen LogP contribution < -0.4 is 10.3 Å². The first-order chi connectivity index (χ1) is 11.1. The van der Waals surface area contributed by atoms with Crippen LogP contribution in [0.1, 0.15) is 16.8 Å². The van der Waals surface area contributed by atoms with E-state index in [1.807, 2.05) is 12.1 Å². The Labute approximate surface area is 141 Å². The molecule has 7 heteroatoms. The minimum Gasteiger partial charge on any atom is -0.472 e. The summed E-state index contributed by atoms with van der Waals surface area (Å²) in [5.74, 6) is 0.264. The van der Waals surface area contributed by atoms with Gasteiger partial charge in [0, 0.05) is 32.4 Å². The molecule has 120 valence electrons. The first-order valence-electron chi connectivity index (χ1n) is 7.28. The van der Waals surface area contributed by atoms with E-state index in [-0.39, 0.29) is 23.1 Å². The molecule has 6 nitrogen and oxygen atoms in total. The molecule has 0 aliphatic carbocycles. The Hall–Kier alpha value is -2.15. The third-order valence-electron chi connectivity index (χ3n) is 3.79. The van der Waals surface area contributed by atoms with Crippen LogP contribution in [0.5, 0.6) is 5.88 Å². The van der Waals surface area contributed by atoms with Gasteiger partial charge in [0.15, 0.2) is 0 Å². The van der Waals surface area contributed by atoms with Crippen molar-refractivity contribution in [3.05, 3.63) is 57.0 Å². The predicted octanol–water partition coefficient (Wildman–Crippen LogP) is 1.84. The van der Waals surface area contributed by atoms with Crippen LogP contribution in [0.3, 0.4) is 0 Å². The van der Waals surface area contributed by atoms with Gasteiger partial charge in [-0.2, -0.15) is 0 Å². The molecule has 1 amide bonds. The maximum absolute atomic E-state index is 12.5. The molecule has 0 saturated carbocycles. The van der Waals surface area contributed by atoms with E-state index in [9.17, 15) is 9.59 Å². The number of rotatable bonds is 3. The molecule has 1 aliphatic rings. The number of nitrogens with zero attached hydrogens (tertiary/aromatic N) is 3. The summed E-state index contributed by atoms with van der Waals surface area (Å²) in [5, 5.41) is 0. The van der Waals surface area contributed by atoms with Gasteiger partial charge in [-0.05, 0) is 40.2 Å². The standard InChI is InChI=1S/C16H16BrN3O3/c1-19-8-3-4-12(15(19)21)16(22)20-9-6-11(10-20)23-14-13(17)5-2-7-18-14/h2-5,7-8,11H,6,9-10H2,1H3. The van der Waals surface area contributed by atoms with Gasteiger partial charge in [0.25, 0.3) is 11.5 Å². The predicted molar refractivity (Wildman–Crippen MR) is 88.6 cm³/mol. The van der Waals surface area contributed by atoms with E-state index in [4.69, 9.17) is 4.74 Å². The lowest BCUT2D eigenvalue weighted by atomic mass is 10.2. The van der Waals surface area contributed by atoms with Gasteiger partial charge >= 0.3 is 0 Å². The second kappa shape index (κ2) is 6.54. The summed E-state index contributed by atoms with van der Waals surface area (Å²) in [6, 6.07) is 6.93. The second-order valence-electron chi connectivity index (χ2n) is 5.41. The molecule has 0 bridgehead atoms. The third-order valence-corrected chi connectivity index (χ3v) is 4.39. The number of carbonyl (C=O) groups excluding carboxylic acids is 1. The highest BCUT2D eigenvalue weighted by molar-refractivity contribution is 9.10. The number of aryl methyl sites for hydroxylation is 1. The van der Waals surface area contributed by atoms with Crippen LogP contribution in [-0.4, -0.2) is 39.6 Å². The molecule has 1 unspecified atom stereocenters. The van der Waals surface area contributed by atoms with Gasteiger partial charge in [-0.3, -0.25) is 9.59 Å². The quantitative estimate of drug-likeness (QED) is 0.818. The number of hydrogen-bond acceptors (Lipinski definition) is 4. The van der Waals surface area contributed by atoms with Crippen molar-refractivity contribution in [3.63, 3.8) is 0 Å². The lowest BCUT2D eigenvalue weighted by Crippen LogP contribution is -2.35. The summed E-state index contributed by atoms with van der Waals surface area (Å²) in [6.45, 7) is 1.01. The molecule has 3 rings (SSSR count). The molecule has 1 fully saturated rings. The monoisotopic (exact) mass is 377 g/mol. The number of ether oxygens (including phenoxy) is 1. The zero-order valence-corrected chi connectivity index (χ0v) is 14.2. The van der Waals surface area contributed by atoms with Crippen LogP contribution >= 0.6 is 15.9 Å². The highest BCUT2D eigenvalue weighted by Crippen LogP contribution is 2.24. The van der Waals surface area contributed by atoms with E-state index in [1.54, 1.807) is 36.5 Å². The Morgan fingerprint density at radius 3 is 3.00 bits per heavy atom. The molecular weight excluding hydrogens is 362 g/mol. The zero-order valence-electron chi connectivity index (χ0n) is 12.6. The first-order valence-corrected chi connectivity index (χ1v) is 8.07. The van der Waals surface area contributed by atoms with Crippen molar-refractivity contribution < 1.29 is 9.53 Å². The molecule has 3 heterocycles. The van der Waals surface area contributed by atoms with E-state index in [1.165, 1.54) is 4.57 Å². The van der Waals surface area contributed by atoms with Crippen LogP contribution in [-0.2, 0) is 7.05 Å². The van der Waals surface area contributed by atoms with Gasteiger partial charge in [0.1, 0.15) is 11.7 Å². The molecular formula is C16H16BrN3O3. The number of amides is 1. The van der Waals surface area contributed by atoms with Crippen LogP contribution in [0.4, 0.5) is 0 Å². The van der Waals surface area contributed by atoms with Crippen molar-refractivity contribution >= 4 is 21.8 Å². The van der Waals surface area contributed by atoms with Crippen molar-refractivity contribution in [1.82, 2.24) is 14.5 Å². The second-order valence-corrected chi connectivity index (χ2v) is 6.26. The van der Waals surface area contributed by atoms with E-state index in [2.05, 4.69) is 20.9 Å². The van der Waals surface area contributed by atoms with Crippen molar-refractivity contribution in [3.8, 4) is 5.88 Å². The Balaban J connectivity index is 1.70. The lowest BCUT2D eigenvalue weighted by Gasteiger charge is -2.17. The molecule has 1 aliphatic heterocycles. The van der Waals surface area contributed by atoms with Gasteiger partial charge < -0.3 is 14.2 Å². The summed E-state index contributed by atoms with van der Waals surface area (Å²) in [4.78, 5) is 30.4. The number of aromatic nitrogens is 2. The van der Waals surface area contributed by atoms with Crippen LogP contribution in [0.25, 0.3) is 0 Å². The van der Waals surface area contributed by atoms with Gasteiger partial charge in [0.05, 0.1) is 11.0 Å². The number of hydrogen-bond donors (Lipinski definition) is 0. The largest absolute Gasteiger partial charge is 0.472 e. The SMILES string of the molecule is Cn1cccc(C(=O)N2CCC(Oc3ncccc3Br)C2)c1=O. The van der Waals surface area contributed by atoms with Crippen LogP contribution in [0.2, 0.25) is 0 Å². The minimum absolute atomic E-state index is 0.127. The fraction of sp³-hybridized carbons (Fsp3) is 0.312. The van der Waals surface area contributed by atoms with E-state index >= 15 is 0 Å². The number of carbonyl (C=O) groups is 1. The molecule has 23 heavy (non-hydrogen) atoms. The van der Waals surface area contributed by atoms with Gasteiger partial charge in [-0.1, -0.05) is 0 Å². The molecule has 0 radical (unpaired) electrons. The Morgan fingerprint density at radius 2 is 2.22 bits per heavy atom. The van der Waals surface area contributed by atoms with Crippen LogP contribution in [0, 0.1) is 0 Å². The summed E-state index contributed by atoms with van der Waals surface area (Å²) in [6.07, 6.45) is 3.87. The van der Waals surface area contributed by atoms with Gasteiger partial charge in [0.2, 0.25) is 5.88 Å². The normalized spacial score (nSPS) is 17.3. The topological polar surface area (TPSA) is 64.4 Å². The van der Waals surface area contributed by atoms with E-state index in [0.717, 1.165) is 4.47 Å². The highest BCUT2D eigenvalue weighted by atomic mass is 79.9. The fourth-order valence-electron chi connectivity index (χ4n) is 2.56. The van der Waals surface area contributed by atoms with Crippen LogP contribution in [0.15, 0.2) is 45.9 Å². The van der Waals surface area contributed by atoms with Gasteiger partial charge in [-0.25, -0.2) is 4.98 Å². The molecule has 2 aromatic rings. The molecule has 0 spiro atoms. The van der Waals surface area contributed by atoms with Crippen molar-refractivity contribution in [1.29, 1.82) is 0 Å². The van der Waals surface area contributed by atoms with Crippen molar-refractivity contribution in [2.45, 2.75) is 12.5 Å². The van der Waals surface area contributed by atoms with E-state index < -0.39 is 0 Å². The molecule has 2 aromatic heterocycles. The Kier molecular flexibility index (Phi) is 4.47. The molecule has 1 atom stereocenters. The number of pyridine rings is 2. The summed E-state index contributed by atoms with van der Waals surface area (Å²) >= 11 is 3.39. The zero-order chi connectivity index (χ0) is 16.4. The maximum atomic E-state index is 12.5. The van der Waals surface area contributed by atoms with Crippen molar-refractivity contribution in [2.24, 2.45) is 7.05 Å². The number of halogens is 1. The molecule has 1 saturated heterocycles. The fourth-order valence-corrected chi connectivity index (χ4v) is 2.90.